The van der Waals surface area contributed by atoms with Crippen molar-refractivity contribution in [2.45, 2.75) is 0 Å². The molecule has 0 saturated carbocycles. The van der Waals surface area contributed by atoms with E-state index in [9.17, 15) is 9.90 Å². The Morgan fingerprint density at radius 1 is 1.42 bits per heavy atom. The van der Waals surface area contributed by atoms with Gasteiger partial charge in [0.05, 0.1) is 18.2 Å². The van der Waals surface area contributed by atoms with Crippen LogP contribution in [0.1, 0.15) is 15.2 Å². The molecular formula is C13H12N2O3S. The van der Waals surface area contributed by atoms with Crippen molar-refractivity contribution < 1.29 is 14.6 Å². The van der Waals surface area contributed by atoms with Gasteiger partial charge in [-0.2, -0.15) is 5.10 Å². The largest absolute Gasteiger partial charge is 0.504 e. The maximum absolute atomic E-state index is 11.6. The van der Waals surface area contributed by atoms with Gasteiger partial charge in [0.15, 0.2) is 11.5 Å². The van der Waals surface area contributed by atoms with Gasteiger partial charge in [-0.15, -0.1) is 11.3 Å². The van der Waals surface area contributed by atoms with Crippen LogP contribution >= 0.6 is 11.3 Å². The molecule has 0 aliphatic rings. The molecule has 2 aromatic rings. The van der Waals surface area contributed by atoms with E-state index in [1.54, 1.807) is 30.3 Å². The highest BCUT2D eigenvalue weighted by molar-refractivity contribution is 7.12. The van der Waals surface area contributed by atoms with Gasteiger partial charge in [0.25, 0.3) is 5.91 Å². The molecule has 1 aromatic carbocycles. The second-order valence-electron chi connectivity index (χ2n) is 3.57. The zero-order chi connectivity index (χ0) is 13.7. The number of hydrogen-bond donors (Lipinski definition) is 2. The molecule has 6 heteroatoms. The van der Waals surface area contributed by atoms with Crippen molar-refractivity contribution in [1.29, 1.82) is 0 Å². The molecule has 0 bridgehead atoms. The summed E-state index contributed by atoms with van der Waals surface area (Å²) < 4.78 is 4.97. The van der Waals surface area contributed by atoms with Gasteiger partial charge in [-0.25, -0.2) is 5.43 Å². The number of benzene rings is 1. The Morgan fingerprint density at radius 2 is 2.26 bits per heavy atom. The van der Waals surface area contributed by atoms with Crippen molar-refractivity contribution in [1.82, 2.24) is 5.43 Å². The van der Waals surface area contributed by atoms with E-state index in [1.165, 1.54) is 24.7 Å². The van der Waals surface area contributed by atoms with Crippen LogP contribution in [0.25, 0.3) is 0 Å². The highest BCUT2D eigenvalue weighted by Gasteiger charge is 2.06. The number of methoxy groups -OCH3 is 1. The van der Waals surface area contributed by atoms with Gasteiger partial charge in [0.1, 0.15) is 0 Å². The number of hydrogen-bond acceptors (Lipinski definition) is 5. The molecule has 1 heterocycles. The number of amides is 1. The van der Waals surface area contributed by atoms with Crippen molar-refractivity contribution in [2.75, 3.05) is 7.11 Å². The molecule has 19 heavy (non-hydrogen) atoms. The number of nitrogens with one attached hydrogen (secondary N) is 1. The van der Waals surface area contributed by atoms with Crippen molar-refractivity contribution in [3.63, 3.8) is 0 Å². The van der Waals surface area contributed by atoms with Crippen molar-refractivity contribution in [3.8, 4) is 11.5 Å². The first-order valence-corrected chi connectivity index (χ1v) is 6.33. The molecular weight excluding hydrogens is 264 g/mol. The van der Waals surface area contributed by atoms with Crippen LogP contribution in [0, 0.1) is 0 Å². The number of nitrogens with zero attached hydrogens (tertiary/aromatic N) is 1. The molecule has 0 saturated heterocycles. The molecule has 0 spiro atoms. The van der Waals surface area contributed by atoms with Crippen LogP contribution in [0.4, 0.5) is 0 Å². The van der Waals surface area contributed by atoms with Gasteiger partial charge in [-0.3, -0.25) is 4.79 Å². The average molecular weight is 276 g/mol. The average Bonchev–Trinajstić information content (AvgIpc) is 2.94. The number of phenolic OH excluding ortho intramolecular Hbond substituents is 1. The van der Waals surface area contributed by atoms with Crippen LogP contribution in [-0.2, 0) is 0 Å². The normalized spacial score (nSPS) is 10.6. The number of para-hydroxylation sites is 1. The molecule has 0 fully saturated rings. The third-order valence-corrected chi connectivity index (χ3v) is 3.23. The molecule has 0 unspecified atom stereocenters. The predicted octanol–water partition coefficient (Wildman–Crippen LogP) is 2.23. The van der Waals surface area contributed by atoms with E-state index in [0.717, 1.165) is 0 Å². The van der Waals surface area contributed by atoms with Gasteiger partial charge < -0.3 is 9.84 Å². The summed E-state index contributed by atoms with van der Waals surface area (Å²) in [5, 5.41) is 15.4. The van der Waals surface area contributed by atoms with Crippen LogP contribution in [-0.4, -0.2) is 24.3 Å². The number of hydrazone groups is 1. The SMILES string of the molecule is COc1cccc(/C=N/NC(=O)c2cccs2)c1O. The number of thiophene rings is 1. The summed E-state index contributed by atoms with van der Waals surface area (Å²) in [5.41, 5.74) is 2.85. The Balaban J connectivity index is 2.05. The highest BCUT2D eigenvalue weighted by Crippen LogP contribution is 2.27. The number of carbonyl (C=O) groups is 1. The minimum absolute atomic E-state index is 0.0147. The topological polar surface area (TPSA) is 70.9 Å². The zero-order valence-electron chi connectivity index (χ0n) is 10.2. The summed E-state index contributed by atoms with van der Waals surface area (Å²) in [6, 6.07) is 8.52. The summed E-state index contributed by atoms with van der Waals surface area (Å²) in [7, 11) is 1.47. The van der Waals surface area contributed by atoms with Crippen LogP contribution in [0.5, 0.6) is 11.5 Å². The summed E-state index contributed by atoms with van der Waals surface area (Å²) in [4.78, 5) is 12.2. The smallest absolute Gasteiger partial charge is 0.281 e. The van der Waals surface area contributed by atoms with Gasteiger partial charge in [0, 0.05) is 5.56 Å². The van der Waals surface area contributed by atoms with E-state index in [4.69, 9.17) is 4.74 Å². The highest BCUT2D eigenvalue weighted by atomic mass is 32.1. The van der Waals surface area contributed by atoms with E-state index >= 15 is 0 Å². The fraction of sp³-hybridized carbons (Fsp3) is 0.0769. The van der Waals surface area contributed by atoms with E-state index in [2.05, 4.69) is 10.5 Å². The molecule has 1 amide bonds. The molecule has 1 aromatic heterocycles. The zero-order valence-corrected chi connectivity index (χ0v) is 11.0. The Bertz CT molecular complexity index is 594. The monoisotopic (exact) mass is 276 g/mol. The fourth-order valence-corrected chi connectivity index (χ4v) is 2.05. The minimum Gasteiger partial charge on any atom is -0.504 e. The number of phenols is 1. The number of carbonyl (C=O) groups excluding carboxylic acids is 1. The molecule has 2 rings (SSSR count). The Hall–Kier alpha value is -2.34. The molecule has 0 aliphatic heterocycles. The van der Waals surface area contributed by atoms with Gasteiger partial charge >= 0.3 is 0 Å². The first-order valence-electron chi connectivity index (χ1n) is 5.45. The van der Waals surface area contributed by atoms with Gasteiger partial charge in [-0.05, 0) is 23.6 Å². The molecule has 0 atom stereocenters. The number of aromatic hydroxyl groups is 1. The molecule has 2 N–H and O–H groups in total. The van der Waals surface area contributed by atoms with Crippen LogP contribution < -0.4 is 10.2 Å². The molecule has 0 radical (unpaired) electrons. The summed E-state index contributed by atoms with van der Waals surface area (Å²) >= 11 is 1.33. The van der Waals surface area contributed by atoms with Crippen LogP contribution in [0.3, 0.4) is 0 Å². The maximum atomic E-state index is 11.6. The Labute approximate surface area is 114 Å². The first kappa shape index (κ1) is 13.1. The second kappa shape index (κ2) is 6.01. The Morgan fingerprint density at radius 3 is 2.95 bits per heavy atom. The van der Waals surface area contributed by atoms with Gasteiger partial charge in [0.2, 0.25) is 0 Å². The van der Waals surface area contributed by atoms with Crippen molar-refractivity contribution in [3.05, 3.63) is 46.2 Å². The number of ether oxygens (including phenoxy) is 1. The standard InChI is InChI=1S/C13H12N2O3S/c1-18-10-5-2-4-9(12(10)16)8-14-15-13(17)11-6-3-7-19-11/h2-8,16H,1H3,(H,15,17)/b14-8+. The van der Waals surface area contributed by atoms with Crippen LogP contribution in [0.2, 0.25) is 0 Å². The summed E-state index contributed by atoms with van der Waals surface area (Å²) in [6.45, 7) is 0. The van der Waals surface area contributed by atoms with Gasteiger partial charge in [-0.1, -0.05) is 12.1 Å². The molecule has 0 aliphatic carbocycles. The lowest BCUT2D eigenvalue weighted by molar-refractivity contribution is 0.0959. The first-order chi connectivity index (χ1) is 9.22. The van der Waals surface area contributed by atoms with E-state index in [1.807, 2.05) is 5.38 Å². The predicted molar refractivity (Wildman–Crippen MR) is 74.0 cm³/mol. The van der Waals surface area contributed by atoms with Crippen LogP contribution in [0.15, 0.2) is 40.8 Å². The van der Waals surface area contributed by atoms with E-state index in [-0.39, 0.29) is 11.7 Å². The van der Waals surface area contributed by atoms with E-state index in [0.29, 0.717) is 16.2 Å². The lowest BCUT2D eigenvalue weighted by atomic mass is 10.2. The summed E-state index contributed by atoms with van der Waals surface area (Å²) in [5.74, 6) is 0.0568. The number of rotatable bonds is 4. The van der Waals surface area contributed by atoms with Crippen molar-refractivity contribution in [2.24, 2.45) is 5.10 Å². The third-order valence-electron chi connectivity index (χ3n) is 2.36. The molecule has 98 valence electrons. The minimum atomic E-state index is -0.284. The fourth-order valence-electron chi connectivity index (χ4n) is 1.43. The lowest BCUT2D eigenvalue weighted by Crippen LogP contribution is -2.16. The molecule has 5 nitrogen and oxygen atoms in total. The lowest BCUT2D eigenvalue weighted by Gasteiger charge is -2.04. The maximum Gasteiger partial charge on any atom is 0.281 e. The quantitative estimate of drug-likeness (QED) is 0.664. The third kappa shape index (κ3) is 3.11. The second-order valence-corrected chi connectivity index (χ2v) is 4.52. The van der Waals surface area contributed by atoms with E-state index < -0.39 is 0 Å². The summed E-state index contributed by atoms with van der Waals surface area (Å²) in [6.07, 6.45) is 1.36. The van der Waals surface area contributed by atoms with Crippen molar-refractivity contribution >= 4 is 23.5 Å². The Kier molecular flexibility index (Phi) is 4.15.